The van der Waals surface area contributed by atoms with Crippen LogP contribution in [0.2, 0.25) is 0 Å². The van der Waals surface area contributed by atoms with Crippen molar-refractivity contribution in [2.24, 2.45) is 0 Å². The van der Waals surface area contributed by atoms with Crippen molar-refractivity contribution in [3.8, 4) is 0 Å². The predicted octanol–water partition coefficient (Wildman–Crippen LogP) is 3.62. The van der Waals surface area contributed by atoms with E-state index in [4.69, 9.17) is 4.98 Å². The van der Waals surface area contributed by atoms with Gasteiger partial charge in [-0.3, -0.25) is 0 Å². The zero-order valence-corrected chi connectivity index (χ0v) is 13.6. The van der Waals surface area contributed by atoms with E-state index in [0.29, 0.717) is 6.54 Å². The Kier molecular flexibility index (Phi) is 3.80. The Morgan fingerprint density at radius 3 is 2.67 bits per heavy atom. The summed E-state index contributed by atoms with van der Waals surface area (Å²) in [5, 5.41) is 4.36. The van der Waals surface area contributed by atoms with Crippen molar-refractivity contribution in [3.63, 3.8) is 0 Å². The molecule has 0 bridgehead atoms. The number of aromatic nitrogens is 3. The van der Waals surface area contributed by atoms with Crippen molar-refractivity contribution in [3.05, 3.63) is 47.4 Å². The highest BCUT2D eigenvalue weighted by Crippen LogP contribution is 2.26. The first-order valence-electron chi connectivity index (χ1n) is 8.30. The van der Waals surface area contributed by atoms with Crippen LogP contribution in [0.25, 0.3) is 11.0 Å². The van der Waals surface area contributed by atoms with Crippen molar-refractivity contribution in [1.82, 2.24) is 15.0 Å². The molecule has 24 heavy (non-hydrogen) atoms. The minimum Gasteiger partial charge on any atom is -0.365 e. The lowest BCUT2D eigenvalue weighted by Crippen LogP contribution is -2.21. The number of halogens is 1. The van der Waals surface area contributed by atoms with Crippen LogP contribution in [0.15, 0.2) is 30.3 Å². The largest absolute Gasteiger partial charge is 0.365 e. The van der Waals surface area contributed by atoms with Gasteiger partial charge >= 0.3 is 0 Å². The molecule has 6 heteroatoms. The lowest BCUT2D eigenvalue weighted by Gasteiger charge is -2.16. The number of aryl methyl sites for hydroxylation is 1. The van der Waals surface area contributed by atoms with Crippen molar-refractivity contribution in [2.75, 3.05) is 23.3 Å². The Morgan fingerprint density at radius 1 is 1.17 bits per heavy atom. The van der Waals surface area contributed by atoms with E-state index in [-0.39, 0.29) is 5.82 Å². The van der Waals surface area contributed by atoms with Gasteiger partial charge in [0.15, 0.2) is 0 Å². The molecular weight excluding hydrogens is 305 g/mol. The monoisotopic (exact) mass is 325 g/mol. The first-order chi connectivity index (χ1) is 11.7. The molecule has 2 aromatic heterocycles. The van der Waals surface area contributed by atoms with Gasteiger partial charge in [0.05, 0.1) is 5.39 Å². The third-order valence-electron chi connectivity index (χ3n) is 4.37. The van der Waals surface area contributed by atoms with Crippen LogP contribution in [0.5, 0.6) is 0 Å². The molecule has 3 heterocycles. The van der Waals surface area contributed by atoms with Crippen LogP contribution in [0.1, 0.15) is 24.1 Å². The summed E-state index contributed by atoms with van der Waals surface area (Å²) < 4.78 is 13.0. The van der Waals surface area contributed by atoms with Gasteiger partial charge in [-0.05, 0) is 43.5 Å². The van der Waals surface area contributed by atoms with Crippen LogP contribution in [0, 0.1) is 12.7 Å². The molecule has 2 N–H and O–H groups in total. The van der Waals surface area contributed by atoms with Gasteiger partial charge in [0.1, 0.15) is 17.3 Å². The van der Waals surface area contributed by atoms with Gasteiger partial charge in [0.25, 0.3) is 0 Å². The van der Waals surface area contributed by atoms with Crippen LogP contribution in [-0.2, 0) is 6.54 Å². The number of H-pyrrole nitrogens is 1. The summed E-state index contributed by atoms with van der Waals surface area (Å²) in [6.45, 7) is 4.61. The number of benzene rings is 1. The van der Waals surface area contributed by atoms with Crippen molar-refractivity contribution >= 4 is 22.8 Å². The highest BCUT2D eigenvalue weighted by Gasteiger charge is 2.18. The van der Waals surface area contributed by atoms with E-state index in [9.17, 15) is 4.39 Å². The number of anilines is 2. The minimum absolute atomic E-state index is 0.222. The SMILES string of the molecule is Cc1cc2c(NCc3ccc(F)cc3)nc(N3CCCC3)nc2[nH]1. The van der Waals surface area contributed by atoms with Gasteiger partial charge < -0.3 is 15.2 Å². The van der Waals surface area contributed by atoms with Gasteiger partial charge in [-0.2, -0.15) is 9.97 Å². The highest BCUT2D eigenvalue weighted by molar-refractivity contribution is 5.89. The van der Waals surface area contributed by atoms with Crippen LogP contribution in [-0.4, -0.2) is 28.0 Å². The zero-order chi connectivity index (χ0) is 16.5. The fourth-order valence-electron chi connectivity index (χ4n) is 3.11. The molecule has 124 valence electrons. The quantitative estimate of drug-likeness (QED) is 0.769. The molecule has 0 amide bonds. The molecule has 3 aromatic rings. The van der Waals surface area contributed by atoms with Crippen LogP contribution < -0.4 is 10.2 Å². The average Bonchev–Trinajstić information content (AvgIpc) is 3.22. The molecule has 1 aliphatic rings. The molecule has 1 aromatic carbocycles. The van der Waals surface area contributed by atoms with E-state index in [0.717, 1.165) is 47.1 Å². The zero-order valence-electron chi connectivity index (χ0n) is 13.6. The molecule has 0 spiro atoms. The molecule has 5 nitrogen and oxygen atoms in total. The standard InChI is InChI=1S/C18H20FN5/c1-12-10-15-16(20-11-13-4-6-14(19)7-5-13)22-18(23-17(15)21-12)24-8-2-3-9-24/h4-7,10H,2-3,8-9,11H2,1H3,(H2,20,21,22,23). The van der Waals surface area contributed by atoms with Gasteiger partial charge in [-0.1, -0.05) is 12.1 Å². The van der Waals surface area contributed by atoms with Gasteiger partial charge in [0, 0.05) is 25.3 Å². The normalized spacial score (nSPS) is 14.5. The Labute approximate surface area is 139 Å². The van der Waals surface area contributed by atoms with Crippen molar-refractivity contribution < 1.29 is 4.39 Å². The number of aromatic amines is 1. The molecule has 0 saturated carbocycles. The lowest BCUT2D eigenvalue weighted by atomic mass is 10.2. The van der Waals surface area contributed by atoms with E-state index >= 15 is 0 Å². The summed E-state index contributed by atoms with van der Waals surface area (Å²) in [5.74, 6) is 1.36. The maximum Gasteiger partial charge on any atom is 0.229 e. The third kappa shape index (κ3) is 2.91. The molecule has 0 radical (unpaired) electrons. The molecule has 1 fully saturated rings. The van der Waals surface area contributed by atoms with Gasteiger partial charge in [-0.25, -0.2) is 4.39 Å². The number of fused-ring (bicyclic) bond motifs is 1. The van der Waals surface area contributed by atoms with Crippen LogP contribution in [0.4, 0.5) is 16.2 Å². The Hall–Kier alpha value is -2.63. The number of rotatable bonds is 4. The number of hydrogen-bond acceptors (Lipinski definition) is 4. The summed E-state index contributed by atoms with van der Waals surface area (Å²) in [6, 6.07) is 8.57. The lowest BCUT2D eigenvalue weighted by molar-refractivity contribution is 0.627. The second-order valence-corrected chi connectivity index (χ2v) is 6.26. The van der Waals surface area contributed by atoms with Crippen LogP contribution in [0.3, 0.4) is 0 Å². The molecule has 1 aliphatic heterocycles. The summed E-state index contributed by atoms with van der Waals surface area (Å²) in [7, 11) is 0. The summed E-state index contributed by atoms with van der Waals surface area (Å²) in [4.78, 5) is 14.9. The van der Waals surface area contributed by atoms with Gasteiger partial charge in [0.2, 0.25) is 5.95 Å². The molecule has 0 atom stereocenters. The average molecular weight is 325 g/mol. The van der Waals surface area contributed by atoms with E-state index in [2.05, 4.69) is 26.3 Å². The maximum atomic E-state index is 13.0. The highest BCUT2D eigenvalue weighted by atomic mass is 19.1. The first kappa shape index (κ1) is 14.9. The fourth-order valence-corrected chi connectivity index (χ4v) is 3.11. The third-order valence-corrected chi connectivity index (χ3v) is 4.37. The summed E-state index contributed by atoms with van der Waals surface area (Å²) in [6.07, 6.45) is 2.37. The smallest absolute Gasteiger partial charge is 0.229 e. The van der Waals surface area contributed by atoms with Crippen molar-refractivity contribution in [1.29, 1.82) is 0 Å². The first-order valence-corrected chi connectivity index (χ1v) is 8.30. The Balaban J connectivity index is 1.65. The predicted molar refractivity (Wildman–Crippen MR) is 93.8 cm³/mol. The minimum atomic E-state index is -0.222. The number of nitrogens with zero attached hydrogens (tertiary/aromatic N) is 3. The second-order valence-electron chi connectivity index (χ2n) is 6.26. The number of hydrogen-bond donors (Lipinski definition) is 2. The summed E-state index contributed by atoms with van der Waals surface area (Å²) in [5.41, 5.74) is 2.92. The maximum absolute atomic E-state index is 13.0. The topological polar surface area (TPSA) is 56.8 Å². The second kappa shape index (κ2) is 6.11. The van der Waals surface area contributed by atoms with E-state index in [1.54, 1.807) is 12.1 Å². The van der Waals surface area contributed by atoms with E-state index in [1.807, 2.05) is 6.92 Å². The molecule has 4 rings (SSSR count). The molecule has 1 saturated heterocycles. The molecule has 0 unspecified atom stereocenters. The van der Waals surface area contributed by atoms with Crippen molar-refractivity contribution in [2.45, 2.75) is 26.3 Å². The summed E-state index contributed by atoms with van der Waals surface area (Å²) >= 11 is 0. The molecular formula is C18H20FN5. The fraction of sp³-hybridized carbons (Fsp3) is 0.333. The molecule has 0 aliphatic carbocycles. The van der Waals surface area contributed by atoms with E-state index < -0.39 is 0 Å². The van der Waals surface area contributed by atoms with Gasteiger partial charge in [-0.15, -0.1) is 0 Å². The Bertz CT molecular complexity index is 850. The van der Waals surface area contributed by atoms with Crippen LogP contribution >= 0.6 is 0 Å². The Morgan fingerprint density at radius 2 is 1.92 bits per heavy atom. The number of nitrogens with one attached hydrogen (secondary N) is 2. The van der Waals surface area contributed by atoms with E-state index in [1.165, 1.54) is 25.0 Å².